The highest BCUT2D eigenvalue weighted by atomic mass is 32.1. The molecule has 2 N–H and O–H groups in total. The second-order valence-corrected chi connectivity index (χ2v) is 6.81. The van der Waals surface area contributed by atoms with E-state index >= 15 is 0 Å². The van der Waals surface area contributed by atoms with Crippen LogP contribution >= 0.6 is 11.3 Å². The van der Waals surface area contributed by atoms with Gasteiger partial charge in [0, 0.05) is 29.6 Å². The number of methoxy groups -OCH3 is 1. The van der Waals surface area contributed by atoms with Gasteiger partial charge >= 0.3 is 6.03 Å². The van der Waals surface area contributed by atoms with Crippen LogP contribution in [-0.2, 0) is 11.3 Å². The van der Waals surface area contributed by atoms with E-state index in [-0.39, 0.29) is 11.9 Å². The number of thiophene rings is 1. The summed E-state index contributed by atoms with van der Waals surface area (Å²) in [5.74, 6) is 0.685. The second kappa shape index (κ2) is 8.02. The molecule has 0 radical (unpaired) electrons. The second-order valence-electron chi connectivity index (χ2n) is 5.78. The summed E-state index contributed by atoms with van der Waals surface area (Å²) in [6.07, 6.45) is 2.48. The van der Waals surface area contributed by atoms with Gasteiger partial charge in [0.15, 0.2) is 0 Å². The lowest BCUT2D eigenvalue weighted by molar-refractivity contribution is -0.119. The largest absolute Gasteiger partial charge is 0.494 e. The van der Waals surface area contributed by atoms with Crippen LogP contribution in [0.1, 0.15) is 24.1 Å². The molecule has 1 aromatic carbocycles. The molecule has 0 atom stereocenters. The first kappa shape index (κ1) is 17.3. The molecule has 0 spiro atoms. The Hall–Kier alpha value is -2.54. The molecule has 1 aliphatic rings. The molecule has 2 aromatic rings. The number of ether oxygens (including phenoxy) is 1. The van der Waals surface area contributed by atoms with E-state index in [1.165, 1.54) is 0 Å². The van der Waals surface area contributed by atoms with Gasteiger partial charge in [0.25, 0.3) is 0 Å². The zero-order chi connectivity index (χ0) is 17.6. The Balaban J connectivity index is 1.66. The molecular formula is C18H21N3O3S. The number of hydrogen-bond donors (Lipinski definition) is 2. The molecule has 1 saturated heterocycles. The van der Waals surface area contributed by atoms with Gasteiger partial charge in [-0.2, -0.15) is 0 Å². The Bertz CT molecular complexity index is 746. The molecule has 0 unspecified atom stereocenters. The molecule has 0 bridgehead atoms. The van der Waals surface area contributed by atoms with E-state index in [2.05, 4.69) is 10.6 Å². The van der Waals surface area contributed by atoms with Crippen molar-refractivity contribution in [3.05, 3.63) is 40.6 Å². The van der Waals surface area contributed by atoms with Gasteiger partial charge in [0.1, 0.15) is 5.75 Å². The number of anilines is 2. The first-order valence-corrected chi connectivity index (χ1v) is 9.11. The SMILES string of the molecule is COc1cc(NC(=O)NCc2cccs2)ccc1N1CCCCC1=O. The van der Waals surface area contributed by atoms with Gasteiger partial charge in [-0.25, -0.2) is 4.79 Å². The van der Waals surface area contributed by atoms with Gasteiger partial charge in [0.05, 0.1) is 19.3 Å². The fourth-order valence-electron chi connectivity index (χ4n) is 2.79. The molecule has 3 amide bonds. The Morgan fingerprint density at radius 1 is 1.32 bits per heavy atom. The van der Waals surface area contributed by atoms with Gasteiger partial charge in [0.2, 0.25) is 5.91 Å². The number of amides is 3. The summed E-state index contributed by atoms with van der Waals surface area (Å²) in [5, 5.41) is 7.58. The third kappa shape index (κ3) is 4.30. The van der Waals surface area contributed by atoms with Crippen LogP contribution in [0.4, 0.5) is 16.2 Å². The predicted molar refractivity (Wildman–Crippen MR) is 99.4 cm³/mol. The molecule has 0 aliphatic carbocycles. The standard InChI is InChI=1S/C18H21N3O3S/c1-24-16-11-13(20-18(23)19-12-14-5-4-10-25-14)7-8-15(16)21-9-3-2-6-17(21)22/h4-5,7-8,10-11H,2-3,6,9,12H2,1H3,(H2,19,20,23). The van der Waals surface area contributed by atoms with Crippen molar-refractivity contribution in [1.82, 2.24) is 5.32 Å². The maximum Gasteiger partial charge on any atom is 0.319 e. The number of nitrogens with zero attached hydrogens (tertiary/aromatic N) is 1. The maximum absolute atomic E-state index is 12.1. The monoisotopic (exact) mass is 359 g/mol. The molecule has 1 aliphatic heterocycles. The molecule has 1 fully saturated rings. The van der Waals surface area contributed by atoms with Gasteiger partial charge in [-0.05, 0) is 36.4 Å². The summed E-state index contributed by atoms with van der Waals surface area (Å²) in [6, 6.07) is 8.98. The summed E-state index contributed by atoms with van der Waals surface area (Å²) >= 11 is 1.60. The molecular weight excluding hydrogens is 338 g/mol. The van der Waals surface area contributed by atoms with Gasteiger partial charge in [-0.15, -0.1) is 11.3 Å². The highest BCUT2D eigenvalue weighted by Gasteiger charge is 2.22. The lowest BCUT2D eigenvalue weighted by atomic mass is 10.1. The van der Waals surface area contributed by atoms with Crippen molar-refractivity contribution >= 4 is 34.6 Å². The van der Waals surface area contributed by atoms with Gasteiger partial charge in [-0.1, -0.05) is 6.07 Å². The number of piperidine rings is 1. The lowest BCUT2D eigenvalue weighted by Crippen LogP contribution is -2.35. The number of hydrogen-bond acceptors (Lipinski definition) is 4. The first-order valence-electron chi connectivity index (χ1n) is 8.23. The van der Waals surface area contributed by atoms with Crippen LogP contribution in [0.3, 0.4) is 0 Å². The van der Waals surface area contributed by atoms with Crippen LogP contribution in [0, 0.1) is 0 Å². The third-order valence-electron chi connectivity index (χ3n) is 4.06. The van der Waals surface area contributed by atoms with E-state index in [0.29, 0.717) is 30.9 Å². The average Bonchev–Trinajstić information content (AvgIpc) is 3.14. The Kier molecular flexibility index (Phi) is 5.55. The summed E-state index contributed by atoms with van der Waals surface area (Å²) in [6.45, 7) is 1.18. The summed E-state index contributed by atoms with van der Waals surface area (Å²) in [5.41, 5.74) is 1.37. The quantitative estimate of drug-likeness (QED) is 0.857. The van der Waals surface area contributed by atoms with Crippen molar-refractivity contribution in [3.8, 4) is 5.75 Å². The molecule has 3 rings (SSSR count). The molecule has 0 saturated carbocycles. The van der Waals surface area contributed by atoms with Crippen molar-refractivity contribution in [2.75, 3.05) is 23.9 Å². The van der Waals surface area contributed by atoms with E-state index in [4.69, 9.17) is 4.74 Å². The van der Waals surface area contributed by atoms with Crippen LogP contribution in [-0.4, -0.2) is 25.6 Å². The first-order chi connectivity index (χ1) is 12.2. The Morgan fingerprint density at radius 3 is 2.92 bits per heavy atom. The van der Waals surface area contributed by atoms with E-state index in [0.717, 1.165) is 23.4 Å². The van der Waals surface area contributed by atoms with Crippen molar-refractivity contribution in [3.63, 3.8) is 0 Å². The van der Waals surface area contributed by atoms with Gasteiger partial charge in [-0.3, -0.25) is 4.79 Å². The van der Waals surface area contributed by atoms with Crippen LogP contribution in [0.25, 0.3) is 0 Å². The van der Waals surface area contributed by atoms with E-state index in [1.54, 1.807) is 35.5 Å². The third-order valence-corrected chi connectivity index (χ3v) is 4.93. The van der Waals surface area contributed by atoms with Crippen molar-refractivity contribution in [1.29, 1.82) is 0 Å². The fraction of sp³-hybridized carbons (Fsp3) is 0.333. The number of nitrogens with one attached hydrogen (secondary N) is 2. The Morgan fingerprint density at radius 2 is 2.20 bits per heavy atom. The number of carbonyl (C=O) groups is 2. The van der Waals surface area contributed by atoms with Crippen LogP contribution in [0.15, 0.2) is 35.7 Å². The maximum atomic E-state index is 12.1. The Labute approximate surface area is 150 Å². The normalized spacial score (nSPS) is 14.3. The molecule has 25 heavy (non-hydrogen) atoms. The van der Waals surface area contributed by atoms with Crippen LogP contribution in [0.2, 0.25) is 0 Å². The molecule has 1 aromatic heterocycles. The van der Waals surface area contributed by atoms with Crippen molar-refractivity contribution in [2.24, 2.45) is 0 Å². The highest BCUT2D eigenvalue weighted by molar-refractivity contribution is 7.09. The predicted octanol–water partition coefficient (Wildman–Crippen LogP) is 3.60. The lowest BCUT2D eigenvalue weighted by Gasteiger charge is -2.28. The average molecular weight is 359 g/mol. The summed E-state index contributed by atoms with van der Waals surface area (Å²) in [7, 11) is 1.56. The van der Waals surface area contributed by atoms with Gasteiger partial charge < -0.3 is 20.3 Å². The minimum atomic E-state index is -0.280. The fourth-order valence-corrected chi connectivity index (χ4v) is 3.44. The number of carbonyl (C=O) groups excluding carboxylic acids is 2. The van der Waals surface area contributed by atoms with Crippen molar-refractivity contribution in [2.45, 2.75) is 25.8 Å². The minimum Gasteiger partial charge on any atom is -0.494 e. The topological polar surface area (TPSA) is 70.7 Å². The number of benzene rings is 1. The van der Waals surface area contributed by atoms with Crippen LogP contribution in [0.5, 0.6) is 5.75 Å². The van der Waals surface area contributed by atoms with Crippen LogP contribution < -0.4 is 20.3 Å². The number of urea groups is 1. The van der Waals surface area contributed by atoms with E-state index in [1.807, 2.05) is 23.6 Å². The van der Waals surface area contributed by atoms with E-state index < -0.39 is 0 Å². The number of rotatable bonds is 5. The minimum absolute atomic E-state index is 0.110. The summed E-state index contributed by atoms with van der Waals surface area (Å²) in [4.78, 5) is 27.0. The van der Waals surface area contributed by atoms with Crippen molar-refractivity contribution < 1.29 is 14.3 Å². The molecule has 6 nitrogen and oxygen atoms in total. The highest BCUT2D eigenvalue weighted by Crippen LogP contribution is 2.33. The smallest absolute Gasteiger partial charge is 0.319 e. The zero-order valence-electron chi connectivity index (χ0n) is 14.1. The molecule has 7 heteroatoms. The van der Waals surface area contributed by atoms with E-state index in [9.17, 15) is 9.59 Å². The molecule has 132 valence electrons. The zero-order valence-corrected chi connectivity index (χ0v) is 14.9. The molecule has 2 heterocycles. The summed E-state index contributed by atoms with van der Waals surface area (Å²) < 4.78 is 5.42.